The second-order valence-electron chi connectivity index (χ2n) is 37.8. The number of aromatic nitrogens is 6. The fourth-order valence-electron chi connectivity index (χ4n) is 25.0. The highest BCUT2D eigenvalue weighted by Gasteiger charge is 2.59. The Morgan fingerprint density at radius 3 is 1.51 bits per heavy atom. The highest BCUT2D eigenvalue weighted by atomic mass is 16.5. The summed E-state index contributed by atoms with van der Waals surface area (Å²) in [4.78, 5) is 80.1. The number of nitrogens with zero attached hydrogens (tertiary/aromatic N) is 6. The van der Waals surface area contributed by atoms with Gasteiger partial charge in [-0.2, -0.15) is 15.3 Å². The quantitative estimate of drug-likeness (QED) is 0.0604. The zero-order valence-corrected chi connectivity index (χ0v) is 64.6. The van der Waals surface area contributed by atoms with Crippen LogP contribution in [0, 0.1) is 88.3 Å². The summed E-state index contributed by atoms with van der Waals surface area (Å²) in [7, 11) is 0. The Morgan fingerprint density at radius 1 is 0.500 bits per heavy atom. The predicted octanol–water partition coefficient (Wildman–Crippen LogP) is 14.4. The summed E-state index contributed by atoms with van der Waals surface area (Å²) in [5.41, 5.74) is 10.2. The van der Waals surface area contributed by atoms with E-state index in [1.807, 2.05) is 59.6 Å². The first kappa shape index (κ1) is 73.1. The van der Waals surface area contributed by atoms with E-state index in [2.05, 4.69) is 84.8 Å². The maximum absolute atomic E-state index is 14.0. The number of hydrogen-bond donors (Lipinski definition) is 4. The molecule has 4 amide bonds. The van der Waals surface area contributed by atoms with Crippen LogP contribution >= 0.6 is 0 Å². The minimum Gasteiger partial charge on any atom is -0.466 e. The van der Waals surface area contributed by atoms with Crippen molar-refractivity contribution in [3.63, 3.8) is 0 Å². The molecule has 12 bridgehead atoms. The first-order valence-electron chi connectivity index (χ1n) is 42.0. The molecule has 0 spiro atoms. The van der Waals surface area contributed by atoms with Crippen LogP contribution in [0.2, 0.25) is 0 Å². The van der Waals surface area contributed by atoms with E-state index < -0.39 is 0 Å². The van der Waals surface area contributed by atoms with Crippen LogP contribution in [-0.2, 0) is 75.5 Å². The van der Waals surface area contributed by atoms with Crippen molar-refractivity contribution in [2.75, 3.05) is 13.2 Å². The summed E-state index contributed by atoms with van der Waals surface area (Å²) in [6.45, 7) is 16.6. The van der Waals surface area contributed by atoms with Crippen molar-refractivity contribution in [3.8, 4) is 0 Å². The number of fused-ring (bicyclic) bond motifs is 3. The molecule has 21 rings (SSSR count). The molecule has 3 aromatic heterocycles. The third-order valence-electron chi connectivity index (χ3n) is 28.3. The highest BCUT2D eigenvalue weighted by Crippen LogP contribution is 2.61. The van der Waals surface area contributed by atoms with E-state index in [-0.39, 0.29) is 75.9 Å². The Labute approximate surface area is 628 Å². The number of esters is 2. The Morgan fingerprint density at radius 2 is 0.972 bits per heavy atom. The number of hydrogen-bond acceptors (Lipinski definition) is 11. The molecule has 18 heteroatoms. The molecular weight excluding hydrogens is 1330 g/mol. The topological polar surface area (TPSA) is 222 Å². The largest absolute Gasteiger partial charge is 0.466 e. The number of benzene rings is 2. The summed E-state index contributed by atoms with van der Waals surface area (Å²) in [6, 6.07) is 21.4. The molecule has 0 saturated heterocycles. The SMILES string of the molecule is CC(C)(C)CC(C)(C)NC(=O)C1CCc2c(c(C(=O)NC3C4CC5CC(C4)CC3C5)nn2C2CCCCC2)C1.CCOC(=O)C1CCc2c(c(C(=O)NC3C4CC5CC(C4)CC3C5)nn2Cc2ccccc2)C1.CCOC(=O)C1CCc2nn(Cc3ccccc3)c(C(=O)NC34CC5CC(CC3C5)C4)c2C1. The first-order valence-corrected chi connectivity index (χ1v) is 42.0. The molecule has 2 aromatic carbocycles. The van der Waals surface area contributed by atoms with Crippen molar-refractivity contribution in [1.82, 2.24) is 50.6 Å². The summed E-state index contributed by atoms with van der Waals surface area (Å²) >= 11 is 0. The fourth-order valence-corrected chi connectivity index (χ4v) is 25.0. The van der Waals surface area contributed by atoms with Crippen LogP contribution in [-0.4, -0.2) is 101 Å². The number of carbonyl (C=O) groups is 6. The predicted molar refractivity (Wildman–Crippen MR) is 406 cm³/mol. The number of nitrogens with one attached hydrogen (secondary N) is 4. The van der Waals surface area contributed by atoms with Gasteiger partial charge in [-0.1, -0.05) is 101 Å². The molecular formula is C88H120N10O8. The van der Waals surface area contributed by atoms with Gasteiger partial charge in [0.2, 0.25) is 5.91 Å². The lowest BCUT2D eigenvalue weighted by atomic mass is 9.54. The summed E-state index contributed by atoms with van der Waals surface area (Å²) in [5, 5.41) is 28.7. The molecule has 5 atom stereocenters. The van der Waals surface area contributed by atoms with Crippen molar-refractivity contribution in [3.05, 3.63) is 123 Å². The van der Waals surface area contributed by atoms with Gasteiger partial charge in [-0.05, 0) is 283 Å². The van der Waals surface area contributed by atoms with E-state index >= 15 is 0 Å². The lowest BCUT2D eigenvalue weighted by Gasteiger charge is -2.54. The number of amides is 4. The Bertz CT molecular complexity index is 3990. The monoisotopic (exact) mass is 1440 g/mol. The van der Waals surface area contributed by atoms with Gasteiger partial charge in [0.25, 0.3) is 17.7 Å². The zero-order chi connectivity index (χ0) is 73.3. The van der Waals surface area contributed by atoms with Gasteiger partial charge in [0, 0.05) is 57.2 Å². The first-order chi connectivity index (χ1) is 51.1. The Hall–Kier alpha value is -7.11. The van der Waals surface area contributed by atoms with Crippen LogP contribution in [0.3, 0.4) is 0 Å². The van der Waals surface area contributed by atoms with Gasteiger partial charge in [-0.25, -0.2) is 0 Å². The Balaban J connectivity index is 0.000000122. The molecule has 5 unspecified atom stereocenters. The lowest BCUT2D eigenvalue weighted by molar-refractivity contribution is -0.149. The highest BCUT2D eigenvalue weighted by molar-refractivity contribution is 5.96. The van der Waals surface area contributed by atoms with Crippen LogP contribution in [0.5, 0.6) is 0 Å². The van der Waals surface area contributed by atoms with Crippen LogP contribution in [0.1, 0.15) is 285 Å². The molecule has 106 heavy (non-hydrogen) atoms. The maximum atomic E-state index is 14.0. The third-order valence-corrected chi connectivity index (χ3v) is 28.3. The minimum absolute atomic E-state index is 0.00242. The van der Waals surface area contributed by atoms with E-state index in [4.69, 9.17) is 24.8 Å². The molecule has 5 aromatic rings. The zero-order valence-electron chi connectivity index (χ0n) is 64.6. The lowest BCUT2D eigenvalue weighted by Crippen LogP contribution is -2.56. The summed E-state index contributed by atoms with van der Waals surface area (Å²) < 4.78 is 16.8. The van der Waals surface area contributed by atoms with Crippen molar-refractivity contribution >= 4 is 35.6 Å². The average molecular weight is 1450 g/mol. The maximum Gasteiger partial charge on any atom is 0.309 e. The second-order valence-corrected chi connectivity index (χ2v) is 37.8. The van der Waals surface area contributed by atoms with Crippen molar-refractivity contribution < 1.29 is 38.2 Å². The van der Waals surface area contributed by atoms with Gasteiger partial charge >= 0.3 is 11.9 Å². The fraction of sp³-hybridized carbons (Fsp3) is 0.693. The smallest absolute Gasteiger partial charge is 0.309 e. The Kier molecular flexibility index (Phi) is 20.7. The normalized spacial score (nSPS) is 31.8. The minimum atomic E-state index is -0.262. The molecule has 4 N–H and O–H groups in total. The number of ether oxygens (including phenoxy) is 2. The summed E-state index contributed by atoms with van der Waals surface area (Å²) in [5.74, 6) is 7.52. The van der Waals surface area contributed by atoms with E-state index in [1.165, 1.54) is 108 Å². The van der Waals surface area contributed by atoms with Crippen molar-refractivity contribution in [2.45, 2.75) is 283 Å². The van der Waals surface area contributed by atoms with Crippen molar-refractivity contribution in [2.24, 2.45) is 88.3 Å². The third kappa shape index (κ3) is 15.2. The molecule has 18 nitrogen and oxygen atoms in total. The van der Waals surface area contributed by atoms with Crippen LogP contribution in [0.4, 0.5) is 0 Å². The molecule has 0 aliphatic heterocycles. The van der Waals surface area contributed by atoms with Gasteiger partial charge in [0.05, 0.1) is 49.9 Å². The van der Waals surface area contributed by atoms with E-state index in [1.54, 1.807) is 0 Å². The summed E-state index contributed by atoms with van der Waals surface area (Å²) in [6.07, 6.45) is 32.5. The molecule has 16 aliphatic rings. The number of rotatable bonds is 18. The van der Waals surface area contributed by atoms with Gasteiger partial charge in [0.15, 0.2) is 11.4 Å². The van der Waals surface area contributed by atoms with Crippen LogP contribution in [0.25, 0.3) is 0 Å². The van der Waals surface area contributed by atoms with Crippen LogP contribution in [0.15, 0.2) is 60.7 Å². The number of carbonyl (C=O) groups excluding carboxylic acids is 6. The van der Waals surface area contributed by atoms with E-state index in [0.29, 0.717) is 111 Å². The average Bonchev–Trinajstić information content (AvgIpc) is 1.54. The molecule has 13 fully saturated rings. The molecule has 3 heterocycles. The van der Waals surface area contributed by atoms with E-state index in [0.717, 1.165) is 139 Å². The van der Waals surface area contributed by atoms with Gasteiger partial charge in [-0.15, -0.1) is 0 Å². The molecule has 13 saturated carbocycles. The molecule has 570 valence electrons. The number of aryl methyl sites for hydroxylation is 1. The molecule has 0 radical (unpaired) electrons. The van der Waals surface area contributed by atoms with Gasteiger partial charge < -0.3 is 30.7 Å². The van der Waals surface area contributed by atoms with E-state index in [9.17, 15) is 28.8 Å². The second kappa shape index (κ2) is 30.0. The molecule has 16 aliphatic carbocycles. The van der Waals surface area contributed by atoms with Gasteiger partial charge in [-0.3, -0.25) is 42.8 Å². The van der Waals surface area contributed by atoms with Crippen LogP contribution < -0.4 is 21.3 Å². The van der Waals surface area contributed by atoms with Gasteiger partial charge in [0.1, 0.15) is 5.69 Å². The standard InChI is InChI=1S/C33H52N4O2.C28H35N3O3.C27H33N3O3/c1-32(2,3)19-33(4,5)35-30(38)22-11-12-27-26(18-22)29(36-37(27)25-9-7-6-8-10-25)31(39)34-28-23-14-20-13-21(16-23)17-24(28)15-20;1-2-34-28(33)20-8-9-24-23(15-20)26(30-31(24)16-17-6-4-3-5-7-17)27(32)29-25-21-11-18-10-19(13-21)14-22(25)12-18;1-2-33-26(32)20-8-9-23-22(13-20)24(30(29-23)16-17-6-4-3-5-7-17)25(31)28-27-14-18-10-19(15-27)12-21(27)11-18/h20-25,28H,6-19H2,1-5H3,(H,34,39)(H,35,38);3-7,18-22,25H,2,8-16H2,1H3,(H,29,32);3-7,18-21H,2,8-16H2,1H3,(H,28,31). The van der Waals surface area contributed by atoms with Crippen molar-refractivity contribution in [1.29, 1.82) is 0 Å².